The smallest absolute Gasteiger partial charge is 0.0258 e. The molecule has 0 unspecified atom stereocenters. The SMILES string of the molecule is Cc1ccc2c(c1)C1(Cc3ccccc3C1)C1=C2C=CCC1. The maximum atomic E-state index is 2.45. The molecule has 2 aromatic carbocycles. The maximum absolute atomic E-state index is 2.45. The van der Waals surface area contributed by atoms with Crippen LogP contribution >= 0.6 is 0 Å². The number of hydrogen-bond donors (Lipinski definition) is 0. The molecular weight excluding hydrogens is 264 g/mol. The van der Waals surface area contributed by atoms with Crippen LogP contribution in [0.4, 0.5) is 0 Å². The molecule has 0 aliphatic heterocycles. The van der Waals surface area contributed by atoms with Crippen LogP contribution < -0.4 is 0 Å². The van der Waals surface area contributed by atoms with Crippen molar-refractivity contribution in [2.24, 2.45) is 0 Å². The lowest BCUT2D eigenvalue weighted by Gasteiger charge is -2.30. The molecule has 3 aliphatic rings. The van der Waals surface area contributed by atoms with Gasteiger partial charge in [0, 0.05) is 5.41 Å². The van der Waals surface area contributed by atoms with Gasteiger partial charge in [-0.3, -0.25) is 0 Å². The van der Waals surface area contributed by atoms with E-state index in [4.69, 9.17) is 0 Å². The van der Waals surface area contributed by atoms with Gasteiger partial charge in [0.05, 0.1) is 0 Å². The average molecular weight is 284 g/mol. The zero-order valence-electron chi connectivity index (χ0n) is 13.0. The minimum atomic E-state index is 0.241. The van der Waals surface area contributed by atoms with Gasteiger partial charge in [-0.15, -0.1) is 0 Å². The van der Waals surface area contributed by atoms with Crippen LogP contribution in [0.15, 0.2) is 60.2 Å². The van der Waals surface area contributed by atoms with E-state index < -0.39 is 0 Å². The molecule has 0 saturated carbocycles. The van der Waals surface area contributed by atoms with E-state index in [1.807, 2.05) is 0 Å². The van der Waals surface area contributed by atoms with Crippen LogP contribution in [-0.2, 0) is 18.3 Å². The number of allylic oxidation sites excluding steroid dienone is 4. The lowest BCUT2D eigenvalue weighted by Crippen LogP contribution is -2.27. The molecule has 0 heteroatoms. The van der Waals surface area contributed by atoms with Crippen LogP contribution in [0.1, 0.15) is 40.7 Å². The first-order valence-corrected chi connectivity index (χ1v) is 8.36. The zero-order valence-corrected chi connectivity index (χ0v) is 13.0. The topological polar surface area (TPSA) is 0 Å². The first kappa shape index (κ1) is 12.5. The van der Waals surface area contributed by atoms with Gasteiger partial charge in [-0.1, -0.05) is 65.8 Å². The first-order chi connectivity index (χ1) is 10.8. The summed E-state index contributed by atoms with van der Waals surface area (Å²) in [6.45, 7) is 2.23. The van der Waals surface area contributed by atoms with E-state index in [1.165, 1.54) is 42.4 Å². The molecule has 2 aromatic rings. The highest BCUT2D eigenvalue weighted by Gasteiger charge is 2.47. The number of hydrogen-bond acceptors (Lipinski definition) is 0. The van der Waals surface area contributed by atoms with E-state index in [0.29, 0.717) is 0 Å². The third-order valence-electron chi connectivity index (χ3n) is 5.83. The predicted molar refractivity (Wildman–Crippen MR) is 92.0 cm³/mol. The minimum absolute atomic E-state index is 0.241. The summed E-state index contributed by atoms with van der Waals surface area (Å²) in [6, 6.07) is 16.1. The number of fused-ring (bicyclic) bond motifs is 5. The molecule has 0 nitrogen and oxygen atoms in total. The molecule has 0 radical (unpaired) electrons. The quantitative estimate of drug-likeness (QED) is 0.627. The minimum Gasteiger partial charge on any atom is -0.0836 e. The normalized spacial score (nSPS) is 20.2. The highest BCUT2D eigenvalue weighted by molar-refractivity contribution is 5.88. The number of benzene rings is 2. The van der Waals surface area contributed by atoms with Gasteiger partial charge in [-0.05, 0) is 60.4 Å². The Balaban J connectivity index is 1.78. The molecule has 3 aliphatic carbocycles. The summed E-state index contributed by atoms with van der Waals surface area (Å²) < 4.78 is 0. The largest absolute Gasteiger partial charge is 0.0836 e. The Labute approximate surface area is 132 Å². The lowest BCUT2D eigenvalue weighted by molar-refractivity contribution is 0.525. The van der Waals surface area contributed by atoms with Crippen molar-refractivity contribution in [2.75, 3.05) is 0 Å². The van der Waals surface area contributed by atoms with Crippen molar-refractivity contribution in [3.8, 4) is 0 Å². The van der Waals surface area contributed by atoms with Crippen molar-refractivity contribution < 1.29 is 0 Å². The Hall–Kier alpha value is -2.08. The van der Waals surface area contributed by atoms with E-state index in [0.717, 1.165) is 0 Å². The highest BCUT2D eigenvalue weighted by atomic mass is 14.5. The van der Waals surface area contributed by atoms with E-state index in [2.05, 4.69) is 61.5 Å². The molecule has 0 N–H and O–H groups in total. The third kappa shape index (κ3) is 1.48. The van der Waals surface area contributed by atoms with Crippen molar-refractivity contribution in [3.63, 3.8) is 0 Å². The van der Waals surface area contributed by atoms with E-state index in [9.17, 15) is 0 Å². The Kier molecular flexibility index (Phi) is 2.39. The summed E-state index contributed by atoms with van der Waals surface area (Å²) in [7, 11) is 0. The third-order valence-corrected chi connectivity index (χ3v) is 5.83. The zero-order chi connectivity index (χ0) is 14.7. The van der Waals surface area contributed by atoms with E-state index in [1.54, 1.807) is 22.3 Å². The van der Waals surface area contributed by atoms with Crippen LogP contribution in [-0.4, -0.2) is 0 Å². The van der Waals surface area contributed by atoms with Crippen LogP contribution in [0, 0.1) is 6.92 Å². The van der Waals surface area contributed by atoms with Crippen molar-refractivity contribution in [2.45, 2.75) is 38.0 Å². The van der Waals surface area contributed by atoms with Gasteiger partial charge in [0.15, 0.2) is 0 Å². The molecule has 108 valence electrons. The summed E-state index contributed by atoms with van der Waals surface area (Å²) in [5.74, 6) is 0. The highest BCUT2D eigenvalue weighted by Crippen LogP contribution is 2.56. The Morgan fingerprint density at radius 1 is 0.955 bits per heavy atom. The molecule has 0 saturated heterocycles. The maximum Gasteiger partial charge on any atom is 0.0258 e. The first-order valence-electron chi connectivity index (χ1n) is 8.36. The van der Waals surface area contributed by atoms with Gasteiger partial charge in [-0.2, -0.15) is 0 Å². The standard InChI is InChI=1S/C22H20/c1-15-10-11-19-18-8-4-5-9-20(18)22(21(19)12-15)13-16-6-2-3-7-17(16)14-22/h2-4,6-8,10-12H,5,9,13-14H2,1H3. The molecule has 22 heavy (non-hydrogen) atoms. The molecule has 5 rings (SSSR count). The molecule has 0 atom stereocenters. The summed E-state index contributed by atoms with van der Waals surface area (Å²) in [4.78, 5) is 0. The van der Waals surface area contributed by atoms with Crippen LogP contribution in [0.25, 0.3) is 5.57 Å². The fraction of sp³-hybridized carbons (Fsp3) is 0.273. The number of aryl methyl sites for hydroxylation is 1. The molecule has 0 fully saturated rings. The molecule has 1 spiro atoms. The van der Waals surface area contributed by atoms with Crippen LogP contribution in [0.3, 0.4) is 0 Å². The van der Waals surface area contributed by atoms with Gasteiger partial charge >= 0.3 is 0 Å². The number of rotatable bonds is 0. The second kappa shape index (κ2) is 4.23. The fourth-order valence-electron chi connectivity index (χ4n) is 4.88. The second-order valence-electron chi connectivity index (χ2n) is 7.09. The van der Waals surface area contributed by atoms with Crippen molar-refractivity contribution in [3.05, 3.63) is 88.0 Å². The summed E-state index contributed by atoms with van der Waals surface area (Å²) >= 11 is 0. The van der Waals surface area contributed by atoms with Crippen molar-refractivity contribution in [1.29, 1.82) is 0 Å². The van der Waals surface area contributed by atoms with Gasteiger partial charge < -0.3 is 0 Å². The van der Waals surface area contributed by atoms with Gasteiger partial charge in [-0.25, -0.2) is 0 Å². The summed E-state index contributed by atoms with van der Waals surface area (Å²) in [5.41, 5.74) is 11.0. The average Bonchev–Trinajstić information content (AvgIpc) is 3.06. The molecule has 0 amide bonds. The Bertz CT molecular complexity index is 823. The Morgan fingerprint density at radius 2 is 1.73 bits per heavy atom. The Morgan fingerprint density at radius 3 is 2.50 bits per heavy atom. The van der Waals surface area contributed by atoms with Gasteiger partial charge in [0.2, 0.25) is 0 Å². The van der Waals surface area contributed by atoms with E-state index in [-0.39, 0.29) is 5.41 Å². The van der Waals surface area contributed by atoms with Crippen LogP contribution in [0.2, 0.25) is 0 Å². The molecule has 0 heterocycles. The van der Waals surface area contributed by atoms with E-state index >= 15 is 0 Å². The summed E-state index contributed by atoms with van der Waals surface area (Å²) in [6.07, 6.45) is 9.53. The summed E-state index contributed by atoms with van der Waals surface area (Å²) in [5, 5.41) is 0. The monoisotopic (exact) mass is 284 g/mol. The molecule has 0 bridgehead atoms. The van der Waals surface area contributed by atoms with Crippen LogP contribution in [0.5, 0.6) is 0 Å². The molecule has 0 aromatic heterocycles. The molecular formula is C22H20. The van der Waals surface area contributed by atoms with Crippen molar-refractivity contribution in [1.82, 2.24) is 0 Å². The lowest BCUT2D eigenvalue weighted by atomic mass is 9.72. The fourth-order valence-corrected chi connectivity index (χ4v) is 4.88. The van der Waals surface area contributed by atoms with Gasteiger partial charge in [0.25, 0.3) is 0 Å². The van der Waals surface area contributed by atoms with Gasteiger partial charge in [0.1, 0.15) is 0 Å². The second-order valence-corrected chi connectivity index (χ2v) is 7.09. The predicted octanol–water partition coefficient (Wildman–Crippen LogP) is 5.15. The van der Waals surface area contributed by atoms with Crippen molar-refractivity contribution >= 4 is 5.57 Å².